The number of nitrogens with zero attached hydrogens (tertiary/aromatic N) is 2. The minimum atomic E-state index is -0.189. The Morgan fingerprint density at radius 1 is 1.04 bits per heavy atom. The summed E-state index contributed by atoms with van der Waals surface area (Å²) in [6.07, 6.45) is 1.69. The number of hydrogen-bond acceptors (Lipinski definition) is 4. The highest BCUT2D eigenvalue weighted by Crippen LogP contribution is 2.32. The molecule has 8 heteroatoms. The van der Waals surface area contributed by atoms with Crippen LogP contribution in [0.3, 0.4) is 0 Å². The van der Waals surface area contributed by atoms with Crippen LogP contribution in [-0.2, 0) is 6.54 Å². The van der Waals surface area contributed by atoms with Crippen molar-refractivity contribution in [1.29, 1.82) is 0 Å². The number of para-hydroxylation sites is 1. The zero-order valence-electron chi connectivity index (χ0n) is 14.5. The van der Waals surface area contributed by atoms with E-state index in [0.29, 0.717) is 39.3 Å². The molecule has 1 amide bonds. The molecule has 2 aromatic carbocycles. The predicted molar refractivity (Wildman–Crippen MR) is 111 cm³/mol. The van der Waals surface area contributed by atoms with Gasteiger partial charge in [0, 0.05) is 11.8 Å². The van der Waals surface area contributed by atoms with E-state index < -0.39 is 0 Å². The number of carbonyl (C=O) groups is 1. The lowest BCUT2D eigenvalue weighted by Crippen LogP contribution is -2.23. The third-order valence-corrected chi connectivity index (χ3v) is 4.74. The van der Waals surface area contributed by atoms with Crippen molar-refractivity contribution < 1.29 is 4.79 Å². The molecule has 140 valence electrons. The number of imidazole rings is 1. The van der Waals surface area contributed by atoms with Crippen molar-refractivity contribution >= 4 is 51.8 Å². The van der Waals surface area contributed by atoms with Crippen molar-refractivity contribution in [2.75, 3.05) is 5.32 Å². The van der Waals surface area contributed by atoms with Crippen molar-refractivity contribution in [3.05, 3.63) is 82.1 Å². The Morgan fingerprint density at radius 3 is 2.61 bits per heavy atom. The highest BCUT2D eigenvalue weighted by Gasteiger charge is 2.11. The van der Waals surface area contributed by atoms with E-state index in [1.54, 1.807) is 42.6 Å². The van der Waals surface area contributed by atoms with Crippen molar-refractivity contribution in [3.8, 4) is 0 Å². The number of aromatic amines is 1. The number of anilines is 2. The van der Waals surface area contributed by atoms with Crippen LogP contribution in [0.25, 0.3) is 11.0 Å². The van der Waals surface area contributed by atoms with Crippen LogP contribution in [0.2, 0.25) is 10.0 Å². The second kappa shape index (κ2) is 7.88. The fourth-order valence-electron chi connectivity index (χ4n) is 2.72. The van der Waals surface area contributed by atoms with Crippen LogP contribution in [0.5, 0.6) is 0 Å². The van der Waals surface area contributed by atoms with Crippen molar-refractivity contribution in [1.82, 2.24) is 20.3 Å². The molecule has 0 radical (unpaired) electrons. The van der Waals surface area contributed by atoms with Crippen LogP contribution in [-0.4, -0.2) is 20.9 Å². The number of pyridine rings is 1. The quantitative estimate of drug-likeness (QED) is 0.434. The van der Waals surface area contributed by atoms with Gasteiger partial charge in [-0.25, -0.2) is 4.98 Å². The summed E-state index contributed by atoms with van der Waals surface area (Å²) in [6, 6.07) is 16.1. The standard InChI is InChI=1S/C20H15Cl2N5O/c21-14-5-3-6-15(22)18(14)27-20-25-16-8-7-12(10-17(16)26-20)19(28)24-11-13-4-1-2-9-23-13/h1-10H,11H2,(H,24,28)(H2,25,26,27). The van der Waals surface area contributed by atoms with Crippen molar-refractivity contribution in [2.24, 2.45) is 0 Å². The first-order valence-corrected chi connectivity index (χ1v) is 9.24. The first kappa shape index (κ1) is 18.3. The van der Waals surface area contributed by atoms with Gasteiger partial charge in [-0.05, 0) is 42.5 Å². The largest absolute Gasteiger partial charge is 0.346 e. The van der Waals surface area contributed by atoms with Gasteiger partial charge < -0.3 is 15.6 Å². The van der Waals surface area contributed by atoms with Gasteiger partial charge in [-0.3, -0.25) is 9.78 Å². The Labute approximate surface area is 170 Å². The monoisotopic (exact) mass is 411 g/mol. The van der Waals surface area contributed by atoms with Gasteiger partial charge in [-0.1, -0.05) is 35.3 Å². The van der Waals surface area contributed by atoms with Gasteiger partial charge in [0.05, 0.1) is 39.0 Å². The molecule has 0 unspecified atom stereocenters. The summed E-state index contributed by atoms with van der Waals surface area (Å²) in [6.45, 7) is 0.360. The molecule has 2 aromatic heterocycles. The Hall–Kier alpha value is -3.09. The minimum absolute atomic E-state index is 0.189. The molecule has 4 aromatic rings. The van der Waals surface area contributed by atoms with E-state index in [0.717, 1.165) is 11.2 Å². The maximum atomic E-state index is 12.4. The molecule has 2 heterocycles. The molecule has 0 aliphatic rings. The lowest BCUT2D eigenvalue weighted by Gasteiger charge is -2.06. The van der Waals surface area contributed by atoms with Gasteiger partial charge in [0.15, 0.2) is 0 Å². The molecule has 4 rings (SSSR count). The number of aromatic nitrogens is 3. The highest BCUT2D eigenvalue weighted by molar-refractivity contribution is 6.39. The van der Waals surface area contributed by atoms with Crippen LogP contribution in [0.15, 0.2) is 60.8 Å². The van der Waals surface area contributed by atoms with E-state index in [4.69, 9.17) is 23.2 Å². The molecule has 3 N–H and O–H groups in total. The molecule has 0 spiro atoms. The number of nitrogens with one attached hydrogen (secondary N) is 3. The van der Waals surface area contributed by atoms with Gasteiger partial charge in [-0.2, -0.15) is 0 Å². The zero-order valence-corrected chi connectivity index (χ0v) is 16.1. The number of fused-ring (bicyclic) bond motifs is 1. The smallest absolute Gasteiger partial charge is 0.251 e. The van der Waals surface area contributed by atoms with Crippen LogP contribution >= 0.6 is 23.2 Å². The van der Waals surface area contributed by atoms with Crippen molar-refractivity contribution in [3.63, 3.8) is 0 Å². The number of amides is 1. The summed E-state index contributed by atoms with van der Waals surface area (Å²) in [4.78, 5) is 24.2. The molecule has 0 atom stereocenters. The molecule has 0 saturated heterocycles. The lowest BCUT2D eigenvalue weighted by molar-refractivity contribution is 0.0950. The Kier molecular flexibility index (Phi) is 5.14. The summed E-state index contributed by atoms with van der Waals surface area (Å²) >= 11 is 12.4. The summed E-state index contributed by atoms with van der Waals surface area (Å²) < 4.78 is 0. The normalized spacial score (nSPS) is 10.8. The number of benzene rings is 2. The van der Waals surface area contributed by atoms with Gasteiger partial charge in [0.25, 0.3) is 5.91 Å². The summed E-state index contributed by atoms with van der Waals surface area (Å²) in [5.41, 5.74) is 3.32. The van der Waals surface area contributed by atoms with E-state index in [2.05, 4.69) is 25.6 Å². The molecular weight excluding hydrogens is 397 g/mol. The van der Waals surface area contributed by atoms with E-state index in [1.807, 2.05) is 18.2 Å². The number of halogens is 2. The first-order chi connectivity index (χ1) is 13.6. The highest BCUT2D eigenvalue weighted by atomic mass is 35.5. The number of hydrogen-bond donors (Lipinski definition) is 3. The summed E-state index contributed by atoms with van der Waals surface area (Å²) in [7, 11) is 0. The van der Waals surface area contributed by atoms with E-state index in [1.165, 1.54) is 0 Å². The van der Waals surface area contributed by atoms with Crippen LogP contribution in [0.4, 0.5) is 11.6 Å². The molecule has 0 saturated carbocycles. The first-order valence-electron chi connectivity index (χ1n) is 8.49. The predicted octanol–water partition coefficient (Wildman–Crippen LogP) is 4.94. The number of carbonyl (C=O) groups excluding carboxylic acids is 1. The maximum Gasteiger partial charge on any atom is 0.251 e. The third kappa shape index (κ3) is 3.93. The zero-order chi connectivity index (χ0) is 19.5. The lowest BCUT2D eigenvalue weighted by atomic mass is 10.2. The fraction of sp³-hybridized carbons (Fsp3) is 0.0500. The number of H-pyrrole nitrogens is 1. The number of rotatable bonds is 5. The third-order valence-electron chi connectivity index (χ3n) is 4.11. The second-order valence-electron chi connectivity index (χ2n) is 6.04. The molecule has 28 heavy (non-hydrogen) atoms. The fourth-order valence-corrected chi connectivity index (χ4v) is 3.21. The van der Waals surface area contributed by atoms with Crippen LogP contribution in [0, 0.1) is 0 Å². The molecule has 0 aliphatic carbocycles. The van der Waals surface area contributed by atoms with E-state index >= 15 is 0 Å². The Balaban J connectivity index is 1.52. The molecular formula is C20H15Cl2N5O. The molecule has 0 fully saturated rings. The topological polar surface area (TPSA) is 82.7 Å². The summed E-state index contributed by atoms with van der Waals surface area (Å²) in [5, 5.41) is 6.92. The summed E-state index contributed by atoms with van der Waals surface area (Å²) in [5.74, 6) is 0.293. The van der Waals surface area contributed by atoms with Gasteiger partial charge in [0.1, 0.15) is 0 Å². The van der Waals surface area contributed by atoms with E-state index in [-0.39, 0.29) is 5.91 Å². The van der Waals surface area contributed by atoms with E-state index in [9.17, 15) is 4.79 Å². The van der Waals surface area contributed by atoms with Crippen LogP contribution < -0.4 is 10.6 Å². The molecule has 0 aliphatic heterocycles. The molecule has 6 nitrogen and oxygen atoms in total. The SMILES string of the molecule is O=C(NCc1ccccn1)c1ccc2nc(Nc3c(Cl)cccc3Cl)[nH]c2c1. The van der Waals surface area contributed by atoms with Gasteiger partial charge >= 0.3 is 0 Å². The minimum Gasteiger partial charge on any atom is -0.346 e. The van der Waals surface area contributed by atoms with Crippen molar-refractivity contribution in [2.45, 2.75) is 6.54 Å². The Morgan fingerprint density at radius 2 is 1.86 bits per heavy atom. The average Bonchev–Trinajstić information content (AvgIpc) is 3.11. The average molecular weight is 412 g/mol. The maximum absolute atomic E-state index is 12.4. The Bertz CT molecular complexity index is 1120. The van der Waals surface area contributed by atoms with Gasteiger partial charge in [-0.15, -0.1) is 0 Å². The van der Waals surface area contributed by atoms with Crippen LogP contribution in [0.1, 0.15) is 16.1 Å². The van der Waals surface area contributed by atoms with Gasteiger partial charge in [0.2, 0.25) is 5.95 Å². The second-order valence-corrected chi connectivity index (χ2v) is 6.86. The molecule has 0 bridgehead atoms.